The van der Waals surface area contributed by atoms with Gasteiger partial charge in [0.1, 0.15) is 0 Å². The maximum Gasteiger partial charge on any atom is 0.219 e. The van der Waals surface area contributed by atoms with Crippen LogP contribution in [0.15, 0.2) is 103 Å². The van der Waals surface area contributed by atoms with Gasteiger partial charge in [-0.15, -0.1) is 0 Å². The summed E-state index contributed by atoms with van der Waals surface area (Å²) in [6.07, 6.45) is 6.19. The Balaban J connectivity index is 0.000000139. The van der Waals surface area contributed by atoms with Crippen LogP contribution in [0.4, 0.5) is 0 Å². The number of carbonyl (C=O) groups is 2. The molecule has 1 amide bonds. The third kappa shape index (κ3) is 8.37. The Hall–Kier alpha value is -4.36. The monoisotopic (exact) mass is 642 g/mol. The summed E-state index contributed by atoms with van der Waals surface area (Å²) in [5, 5.41) is 0. The zero-order chi connectivity index (χ0) is 33.1. The van der Waals surface area contributed by atoms with E-state index in [2.05, 4.69) is 77.7 Å². The number of fused-ring (bicyclic) bond motifs is 2. The summed E-state index contributed by atoms with van der Waals surface area (Å²) in [6, 6.07) is 33.8. The van der Waals surface area contributed by atoms with Crippen LogP contribution in [0.3, 0.4) is 0 Å². The van der Waals surface area contributed by atoms with Gasteiger partial charge in [0.25, 0.3) is 0 Å². The molecule has 2 aliphatic carbocycles. The SMILES string of the molecule is C1=C(CCN2CCOCC2)c2cccc(-c3ccccc3)c2C1.CC(=O)N1CCOCC1.O=C1CCc2c1cccc2-c1ccccc1. The minimum atomic E-state index is 0.151. The lowest BCUT2D eigenvalue weighted by molar-refractivity contribution is -0.132. The van der Waals surface area contributed by atoms with Gasteiger partial charge < -0.3 is 14.4 Å². The van der Waals surface area contributed by atoms with Crippen molar-refractivity contribution in [1.82, 2.24) is 9.80 Å². The van der Waals surface area contributed by atoms with E-state index in [0.717, 1.165) is 70.8 Å². The molecular weight excluding hydrogens is 596 g/mol. The molecule has 48 heavy (non-hydrogen) atoms. The van der Waals surface area contributed by atoms with E-state index in [0.29, 0.717) is 19.6 Å². The zero-order valence-corrected chi connectivity index (χ0v) is 28.0. The van der Waals surface area contributed by atoms with Gasteiger partial charge in [-0.1, -0.05) is 103 Å². The lowest BCUT2D eigenvalue weighted by Gasteiger charge is -2.26. The normalized spacial score (nSPS) is 16.9. The van der Waals surface area contributed by atoms with Gasteiger partial charge in [0, 0.05) is 51.6 Å². The number of hydrogen-bond acceptors (Lipinski definition) is 5. The summed E-state index contributed by atoms with van der Waals surface area (Å²) in [6.45, 7) is 9.55. The topological polar surface area (TPSA) is 59.1 Å². The number of ether oxygens (including phenoxy) is 2. The van der Waals surface area contributed by atoms with Crippen molar-refractivity contribution in [3.8, 4) is 22.3 Å². The number of amides is 1. The highest BCUT2D eigenvalue weighted by atomic mass is 16.5. The minimum Gasteiger partial charge on any atom is -0.379 e. The molecule has 0 unspecified atom stereocenters. The van der Waals surface area contributed by atoms with Gasteiger partial charge in [-0.3, -0.25) is 14.5 Å². The molecule has 0 N–H and O–H groups in total. The van der Waals surface area contributed by atoms with E-state index in [4.69, 9.17) is 9.47 Å². The third-order valence-electron chi connectivity index (χ3n) is 9.58. The Morgan fingerprint density at radius 1 is 0.625 bits per heavy atom. The van der Waals surface area contributed by atoms with Crippen LogP contribution in [0.25, 0.3) is 27.8 Å². The quantitative estimate of drug-likeness (QED) is 0.228. The number of benzene rings is 4. The van der Waals surface area contributed by atoms with Crippen LogP contribution in [0.1, 0.15) is 46.8 Å². The summed E-state index contributed by atoms with van der Waals surface area (Å²) < 4.78 is 10.5. The molecule has 0 aromatic heterocycles. The number of nitrogens with zero attached hydrogens (tertiary/aromatic N) is 2. The first-order chi connectivity index (χ1) is 23.6. The number of carbonyl (C=O) groups excluding carboxylic acids is 2. The summed E-state index contributed by atoms with van der Waals surface area (Å²) >= 11 is 0. The predicted molar refractivity (Wildman–Crippen MR) is 193 cm³/mol. The lowest BCUT2D eigenvalue weighted by atomic mass is 9.94. The van der Waals surface area contributed by atoms with Crippen LogP contribution in [-0.2, 0) is 27.1 Å². The van der Waals surface area contributed by atoms with E-state index in [1.807, 2.05) is 30.3 Å². The standard InChI is InChI=1S/C21H23NO.C15H12O.C6H11NO2/c1-2-5-17(6-3-1)19-7-4-8-20-18(9-10-21(19)20)11-12-22-13-15-23-16-14-22;16-15-10-9-13-12(7-4-8-14(13)15)11-5-2-1-3-6-11;1-6(8)7-2-4-9-5-3-7/h1-9H,10-16H2;1-8H,9-10H2;2-5H2,1H3. The molecule has 4 aliphatic rings. The summed E-state index contributed by atoms with van der Waals surface area (Å²) in [5.41, 5.74) is 11.7. The fraction of sp³-hybridized carbons (Fsp3) is 0.333. The molecule has 6 nitrogen and oxygen atoms in total. The second kappa shape index (κ2) is 16.6. The fourth-order valence-electron chi connectivity index (χ4n) is 6.93. The number of rotatable bonds is 5. The van der Waals surface area contributed by atoms with Crippen LogP contribution >= 0.6 is 0 Å². The highest BCUT2D eigenvalue weighted by Gasteiger charge is 2.22. The fourth-order valence-corrected chi connectivity index (χ4v) is 6.93. The Bertz CT molecular complexity index is 1700. The molecule has 8 rings (SSSR count). The Kier molecular flexibility index (Phi) is 11.6. The third-order valence-corrected chi connectivity index (χ3v) is 9.58. The average Bonchev–Trinajstić information content (AvgIpc) is 3.76. The van der Waals surface area contributed by atoms with Crippen molar-refractivity contribution in [2.45, 2.75) is 32.6 Å². The number of allylic oxidation sites excluding steroid dienone is 1. The second-order valence-corrected chi connectivity index (χ2v) is 12.6. The molecule has 0 radical (unpaired) electrons. The predicted octanol–water partition coefficient (Wildman–Crippen LogP) is 7.36. The van der Waals surface area contributed by atoms with Gasteiger partial charge in [0.15, 0.2) is 5.78 Å². The van der Waals surface area contributed by atoms with Gasteiger partial charge in [-0.2, -0.15) is 0 Å². The van der Waals surface area contributed by atoms with E-state index < -0.39 is 0 Å². The van der Waals surface area contributed by atoms with E-state index in [1.165, 1.54) is 44.5 Å². The molecule has 4 aromatic rings. The maximum absolute atomic E-state index is 11.6. The first-order valence-corrected chi connectivity index (χ1v) is 17.3. The highest BCUT2D eigenvalue weighted by molar-refractivity contribution is 6.02. The van der Waals surface area contributed by atoms with Gasteiger partial charge in [-0.05, 0) is 63.8 Å². The Morgan fingerprint density at radius 3 is 1.75 bits per heavy atom. The molecule has 0 bridgehead atoms. The van der Waals surface area contributed by atoms with Crippen molar-refractivity contribution in [1.29, 1.82) is 0 Å². The van der Waals surface area contributed by atoms with Crippen molar-refractivity contribution in [2.75, 3.05) is 59.2 Å². The van der Waals surface area contributed by atoms with Gasteiger partial charge in [0.05, 0.1) is 26.4 Å². The molecule has 0 atom stereocenters. The minimum absolute atomic E-state index is 0.151. The van der Waals surface area contributed by atoms with E-state index in [9.17, 15) is 9.59 Å². The smallest absolute Gasteiger partial charge is 0.219 e. The molecule has 6 heteroatoms. The van der Waals surface area contributed by atoms with E-state index in [-0.39, 0.29) is 11.7 Å². The van der Waals surface area contributed by atoms with Gasteiger partial charge >= 0.3 is 0 Å². The van der Waals surface area contributed by atoms with Gasteiger partial charge in [0.2, 0.25) is 5.91 Å². The molecule has 2 saturated heterocycles. The Labute approximate surface area is 285 Å². The zero-order valence-electron chi connectivity index (χ0n) is 28.0. The molecule has 248 valence electrons. The Morgan fingerprint density at radius 2 is 1.17 bits per heavy atom. The average molecular weight is 643 g/mol. The molecule has 0 spiro atoms. The van der Waals surface area contributed by atoms with Crippen LogP contribution in [0.2, 0.25) is 0 Å². The van der Waals surface area contributed by atoms with E-state index in [1.54, 1.807) is 11.8 Å². The molecule has 2 aliphatic heterocycles. The van der Waals surface area contributed by atoms with E-state index >= 15 is 0 Å². The molecule has 0 saturated carbocycles. The van der Waals surface area contributed by atoms with Crippen molar-refractivity contribution in [2.24, 2.45) is 0 Å². The highest BCUT2D eigenvalue weighted by Crippen LogP contribution is 2.37. The molecular formula is C42H46N2O4. The van der Waals surface area contributed by atoms with Crippen LogP contribution in [0.5, 0.6) is 0 Å². The van der Waals surface area contributed by atoms with Crippen LogP contribution < -0.4 is 0 Å². The van der Waals surface area contributed by atoms with Crippen molar-refractivity contribution in [3.63, 3.8) is 0 Å². The summed E-state index contributed by atoms with van der Waals surface area (Å²) in [4.78, 5) is 26.6. The van der Waals surface area contributed by atoms with Crippen molar-refractivity contribution < 1.29 is 19.1 Å². The second-order valence-electron chi connectivity index (χ2n) is 12.6. The van der Waals surface area contributed by atoms with Crippen molar-refractivity contribution >= 4 is 17.3 Å². The lowest BCUT2D eigenvalue weighted by Crippen LogP contribution is -2.39. The maximum atomic E-state index is 11.6. The van der Waals surface area contributed by atoms with Crippen molar-refractivity contribution in [3.05, 3.63) is 125 Å². The molecule has 2 fully saturated rings. The van der Waals surface area contributed by atoms with Crippen LogP contribution in [-0.4, -0.2) is 80.6 Å². The first-order valence-electron chi connectivity index (χ1n) is 17.3. The molecule has 4 aromatic carbocycles. The number of hydrogen-bond donors (Lipinski definition) is 0. The van der Waals surface area contributed by atoms with Crippen LogP contribution in [0, 0.1) is 0 Å². The molecule has 2 heterocycles. The summed E-state index contributed by atoms with van der Waals surface area (Å²) in [5.74, 6) is 0.436. The largest absolute Gasteiger partial charge is 0.379 e. The first kappa shape index (κ1) is 33.5. The summed E-state index contributed by atoms with van der Waals surface area (Å²) in [7, 11) is 0. The van der Waals surface area contributed by atoms with Gasteiger partial charge in [-0.25, -0.2) is 0 Å². The number of ketones is 1. The number of morpholine rings is 2. The number of Topliss-reactive ketones (excluding diaryl/α,β-unsaturated/α-hetero) is 1.